The van der Waals surface area contributed by atoms with Gasteiger partial charge in [0, 0.05) is 62.9 Å². The standard InChI is InChI=1S/C80H114N12O15/c1-14-51(6)48-91-63(75-66(102-8)25-22-26-67(75)103-9)44-59(85-91)79(100)82-56(42-73(95)96)28-35-89-33-21-17-24-62(89)54-39-70(106-12)77(71(40-54)107-13)65-46-60(86-92(65)52(7)50(4)5)80(101)83-57(43-74(97)98)29-36-88-32-20-16-23-61(88)53-37-68(104-10)76(69(38-53)105-11)64-45-58(84-90(64)47-49(2)3)78(99)81-55(41-72(93)94)27-34-87-30-18-15-19-31-87/h22,25-26,37-40,44-46,49-52,55-57,61-62H,14-21,23-24,27-36,41-43,47-48H2,1-13H3,(H,81,99)(H,82,100)(H,83,101)(H,93,94)(H,95,96)(H,97,98)/t51?,52?,55-,56-,57-,61?,62?/m0/s1. The van der Waals surface area contributed by atoms with E-state index < -0.39 is 53.8 Å². The number of nitrogens with zero attached hydrogens (tertiary/aromatic N) is 9. The lowest BCUT2D eigenvalue weighted by Crippen LogP contribution is -2.41. The van der Waals surface area contributed by atoms with Crippen LogP contribution in [0.15, 0.2) is 60.7 Å². The van der Waals surface area contributed by atoms with Gasteiger partial charge in [0.1, 0.15) is 34.5 Å². The van der Waals surface area contributed by atoms with Crippen molar-refractivity contribution in [3.63, 3.8) is 0 Å². The number of aliphatic carboxylic acids is 3. The molecule has 107 heavy (non-hydrogen) atoms. The highest BCUT2D eigenvalue weighted by Gasteiger charge is 2.35. The van der Waals surface area contributed by atoms with E-state index in [0.717, 1.165) is 82.0 Å². The molecule has 0 bridgehead atoms. The first kappa shape index (κ1) is 81.9. The average Bonchev–Trinajstić information content (AvgIpc) is 1.71. The monoisotopic (exact) mass is 1480 g/mol. The minimum atomic E-state index is -1.07. The number of carbonyl (C=O) groups excluding carboxylic acids is 3. The molecule has 6 heterocycles. The van der Waals surface area contributed by atoms with Gasteiger partial charge in [-0.25, -0.2) is 0 Å². The van der Waals surface area contributed by atoms with Gasteiger partial charge in [0.05, 0.1) is 102 Å². The Bertz CT molecular complexity index is 3940. The van der Waals surface area contributed by atoms with Crippen LogP contribution in [0.1, 0.15) is 212 Å². The number of carboxylic acid groups (broad SMARTS) is 3. The SMILES string of the molecule is CCC(C)Cn1nc(C(=O)N[C@@H](CCN2CCCCC2c2cc(OC)c(-c3cc(C(=O)N[C@@H](CCN4CCCCC4c4cc(OC)c(-c5cc(C(=O)N[C@@H](CCN6CCCCC6)CC(=O)O)nn5CC(C)C)c(OC)c4)CC(=O)O)nn3C(C)C(C)C)c(OC)c2)CC(=O)O)cc1-c1c(OC)cccc1OC. The van der Waals surface area contributed by atoms with Gasteiger partial charge < -0.3 is 64.6 Å². The average molecular weight is 1480 g/mol. The second-order valence-corrected chi connectivity index (χ2v) is 29.8. The fourth-order valence-electron chi connectivity index (χ4n) is 15.2. The van der Waals surface area contributed by atoms with Gasteiger partial charge in [0.15, 0.2) is 17.1 Å². The number of benzene rings is 3. The summed E-state index contributed by atoms with van der Waals surface area (Å²) >= 11 is 0. The van der Waals surface area contributed by atoms with Crippen molar-refractivity contribution in [2.24, 2.45) is 17.8 Å². The van der Waals surface area contributed by atoms with Gasteiger partial charge in [-0.2, -0.15) is 15.3 Å². The molecule has 4 unspecified atom stereocenters. The molecule has 3 amide bonds. The van der Waals surface area contributed by atoms with Crippen LogP contribution in [0, 0.1) is 17.8 Å². The minimum Gasteiger partial charge on any atom is -0.496 e. The van der Waals surface area contributed by atoms with Gasteiger partial charge in [-0.1, -0.05) is 73.3 Å². The van der Waals surface area contributed by atoms with Crippen LogP contribution < -0.4 is 44.4 Å². The Morgan fingerprint density at radius 2 is 0.841 bits per heavy atom. The molecule has 3 aliphatic heterocycles. The molecule has 0 saturated carbocycles. The van der Waals surface area contributed by atoms with Crippen LogP contribution in [-0.2, 0) is 27.5 Å². The van der Waals surface area contributed by atoms with Gasteiger partial charge in [0.2, 0.25) is 0 Å². The fourth-order valence-corrected chi connectivity index (χ4v) is 15.2. The molecule has 0 spiro atoms. The zero-order valence-electron chi connectivity index (χ0n) is 64.9. The molecular weight excluding hydrogens is 1370 g/mol. The zero-order chi connectivity index (χ0) is 77.2. The van der Waals surface area contributed by atoms with Crippen molar-refractivity contribution in [1.29, 1.82) is 0 Å². The van der Waals surface area contributed by atoms with Crippen molar-refractivity contribution < 1.29 is 72.5 Å². The van der Waals surface area contributed by atoms with Crippen LogP contribution in [0.25, 0.3) is 33.8 Å². The topological polar surface area (TPSA) is 318 Å². The number of nitrogens with one attached hydrogen (secondary N) is 3. The second kappa shape index (κ2) is 38.5. The molecule has 27 heteroatoms. The quantitative estimate of drug-likeness (QED) is 0.0209. The first-order chi connectivity index (χ1) is 51.4. The normalized spacial score (nSPS) is 17.4. The highest BCUT2D eigenvalue weighted by atomic mass is 16.5. The van der Waals surface area contributed by atoms with Crippen molar-refractivity contribution in [2.75, 3.05) is 88.5 Å². The van der Waals surface area contributed by atoms with Gasteiger partial charge in [-0.15, -0.1) is 0 Å². The Hall–Kier alpha value is -9.21. The number of carbonyl (C=O) groups is 6. The van der Waals surface area contributed by atoms with Crippen LogP contribution in [-0.4, -0.2) is 202 Å². The van der Waals surface area contributed by atoms with Crippen LogP contribution in [0.3, 0.4) is 0 Å². The third kappa shape index (κ3) is 20.9. The maximum Gasteiger partial charge on any atom is 0.305 e. The van der Waals surface area contributed by atoms with E-state index in [2.05, 4.69) is 72.2 Å². The summed E-state index contributed by atoms with van der Waals surface area (Å²) < 4.78 is 41.8. The highest BCUT2D eigenvalue weighted by molar-refractivity contribution is 5.96. The Morgan fingerprint density at radius 3 is 1.23 bits per heavy atom. The maximum atomic E-state index is 14.8. The summed E-state index contributed by atoms with van der Waals surface area (Å²) in [7, 11) is 9.49. The predicted molar refractivity (Wildman–Crippen MR) is 407 cm³/mol. The molecule has 0 radical (unpaired) electrons. The van der Waals surface area contributed by atoms with Gasteiger partial charge in [-0.05, 0) is 174 Å². The maximum absolute atomic E-state index is 14.8. The van der Waals surface area contributed by atoms with E-state index in [1.165, 1.54) is 6.42 Å². The summed E-state index contributed by atoms with van der Waals surface area (Å²) in [5, 5.41) is 54.1. The van der Waals surface area contributed by atoms with Crippen LogP contribution in [0.4, 0.5) is 0 Å². The van der Waals surface area contributed by atoms with Gasteiger partial charge in [-0.3, -0.25) is 52.6 Å². The molecule has 27 nitrogen and oxygen atoms in total. The molecule has 3 aliphatic rings. The molecule has 3 fully saturated rings. The first-order valence-corrected chi connectivity index (χ1v) is 38.2. The third-order valence-electron chi connectivity index (χ3n) is 21.4. The molecular formula is C80H114N12O15. The number of aromatic nitrogens is 6. The number of piperidine rings is 3. The number of methoxy groups -OCH3 is 6. The van der Waals surface area contributed by atoms with E-state index in [9.17, 15) is 44.1 Å². The summed E-state index contributed by atoms with van der Waals surface area (Å²) in [6, 6.07) is 15.9. The van der Waals surface area contributed by atoms with E-state index in [1.807, 2.05) is 49.4 Å². The van der Waals surface area contributed by atoms with Crippen molar-refractivity contribution >= 4 is 35.6 Å². The number of likely N-dealkylation sites (tertiary alicyclic amines) is 3. The number of carboxylic acids is 3. The lowest BCUT2D eigenvalue weighted by atomic mass is 9.92. The molecule has 6 aromatic rings. The summed E-state index contributed by atoms with van der Waals surface area (Å²) in [5.74, 6) is -1.17. The lowest BCUT2D eigenvalue weighted by Gasteiger charge is -2.37. The Balaban J connectivity index is 0.926. The summed E-state index contributed by atoms with van der Waals surface area (Å²) in [6.45, 7) is 20.4. The van der Waals surface area contributed by atoms with Gasteiger partial charge in [0.25, 0.3) is 17.7 Å². The smallest absolute Gasteiger partial charge is 0.305 e. The van der Waals surface area contributed by atoms with Crippen molar-refractivity contribution in [1.82, 2.24) is 60.0 Å². The van der Waals surface area contributed by atoms with Crippen molar-refractivity contribution in [3.8, 4) is 68.3 Å². The third-order valence-corrected chi connectivity index (χ3v) is 21.4. The van der Waals surface area contributed by atoms with Crippen LogP contribution in [0.2, 0.25) is 0 Å². The highest BCUT2D eigenvalue weighted by Crippen LogP contribution is 2.47. The largest absolute Gasteiger partial charge is 0.496 e. The molecule has 0 aliphatic carbocycles. The number of ether oxygens (including phenoxy) is 6. The zero-order valence-corrected chi connectivity index (χ0v) is 64.9. The molecule has 6 N–H and O–H groups in total. The number of hydrogen-bond acceptors (Lipinski definition) is 18. The molecule has 3 aromatic carbocycles. The fraction of sp³-hybridized carbons (Fsp3) is 0.588. The van der Waals surface area contributed by atoms with Crippen molar-refractivity contribution in [3.05, 3.63) is 88.9 Å². The lowest BCUT2D eigenvalue weighted by molar-refractivity contribution is -0.138. The van der Waals surface area contributed by atoms with Crippen LogP contribution in [0.5, 0.6) is 34.5 Å². The number of hydrogen-bond donors (Lipinski definition) is 6. The van der Waals surface area contributed by atoms with E-state index in [1.54, 1.807) is 74.9 Å². The summed E-state index contributed by atoms with van der Waals surface area (Å²) in [4.78, 5) is 87.4. The van der Waals surface area contributed by atoms with Crippen molar-refractivity contribution in [2.45, 2.75) is 201 Å². The molecule has 584 valence electrons. The Labute approximate surface area is 629 Å². The molecule has 7 atom stereocenters. The molecule has 3 saturated heterocycles. The number of amides is 3. The summed E-state index contributed by atoms with van der Waals surface area (Å²) in [5.41, 5.74) is 5.79. The Morgan fingerprint density at radius 1 is 0.467 bits per heavy atom. The van der Waals surface area contributed by atoms with Gasteiger partial charge >= 0.3 is 17.9 Å². The second-order valence-electron chi connectivity index (χ2n) is 29.8. The van der Waals surface area contributed by atoms with E-state index in [4.69, 9.17) is 43.7 Å². The minimum absolute atomic E-state index is 0.0523. The molecule has 3 aromatic heterocycles. The van der Waals surface area contributed by atoms with E-state index in [0.29, 0.717) is 133 Å². The Kier molecular flexibility index (Phi) is 29.5. The number of rotatable bonds is 39. The first-order valence-electron chi connectivity index (χ1n) is 38.2. The van der Waals surface area contributed by atoms with E-state index >= 15 is 0 Å². The predicted octanol–water partition coefficient (Wildman–Crippen LogP) is 12.1. The van der Waals surface area contributed by atoms with E-state index in [-0.39, 0.29) is 72.2 Å². The van der Waals surface area contributed by atoms with Crippen LogP contribution >= 0.6 is 0 Å². The summed E-state index contributed by atoms with van der Waals surface area (Å²) in [6.07, 6.45) is 9.73. The molecule has 9 rings (SSSR count).